The number of hydrogen-bond acceptors (Lipinski definition) is 33. The van der Waals surface area contributed by atoms with Crippen molar-refractivity contribution in [1.29, 1.82) is 0 Å². The molecular formula is C99H183N27O5S5. The molecule has 0 amide bonds. The average Bonchev–Trinajstić information content (AvgIpc) is 1.73. The van der Waals surface area contributed by atoms with Crippen molar-refractivity contribution < 1.29 is 22.4 Å². The van der Waals surface area contributed by atoms with E-state index in [1.165, 1.54) is 109 Å². The van der Waals surface area contributed by atoms with Crippen LogP contribution in [0.3, 0.4) is 0 Å². The Labute approximate surface area is 842 Å². The van der Waals surface area contributed by atoms with Crippen LogP contribution >= 0.6 is 57.5 Å². The van der Waals surface area contributed by atoms with Crippen molar-refractivity contribution in [1.82, 2.24) is 132 Å². The van der Waals surface area contributed by atoms with E-state index in [2.05, 4.69) is 430 Å². The second kappa shape index (κ2) is 72.7. The third-order valence-corrected chi connectivity index (χ3v) is 13.9. The van der Waals surface area contributed by atoms with Crippen LogP contribution in [-0.4, -0.2) is 132 Å². The zero-order chi connectivity index (χ0) is 107. The van der Waals surface area contributed by atoms with Crippen molar-refractivity contribution in [2.24, 2.45) is 66.6 Å². The number of nitrogens with zero attached hydrogens (tertiary/aromatic N) is 27. The molecule has 37 heteroatoms. The first-order valence-corrected chi connectivity index (χ1v) is 49.1. The van der Waals surface area contributed by atoms with Gasteiger partial charge in [0.15, 0.2) is 18.5 Å². The lowest BCUT2D eigenvalue weighted by Crippen LogP contribution is -2.12. The molecule has 0 atom stereocenters. The number of thiazole rings is 1. The predicted octanol–water partition coefficient (Wildman–Crippen LogP) is 28.4. The van der Waals surface area contributed by atoms with Gasteiger partial charge in [-0.15, -0.1) is 26.6 Å². The molecular weight excluding hydrogens is 1810 g/mol. The Kier molecular flexibility index (Phi) is 74.5. The smallest absolute Gasteiger partial charge is 0.221 e. The Balaban J connectivity index is -0.000000258. The molecule has 0 aliphatic rings. The number of aromatic nitrogens is 27. The van der Waals surface area contributed by atoms with Crippen LogP contribution in [0.1, 0.15) is 372 Å². The molecule has 0 bridgehead atoms. The first-order chi connectivity index (χ1) is 61.5. The fourth-order valence-corrected chi connectivity index (χ4v) is 7.86. The maximum atomic E-state index is 4.98. The second-order valence-electron chi connectivity index (χ2n) is 47.4. The van der Waals surface area contributed by atoms with Crippen molar-refractivity contribution in [3.63, 3.8) is 0 Å². The SMILES string of the molecule is CC(C)(C)C.CC(C)(C)C.CC(C)(C)C.CC(C)(C)C.CC(C)(C)C.CC(C)(C)C.CC(C)(C)c1ccon1.CC(C)(C)c1ccsn1.CC(C)(C)c1ncon1.CC(C)(C)c1ncsn1.CC(C)(C)c1nnco1.CC(C)(C)c1nnns1.CC(C)C.Cn1ccc(C(C)(C)C)n1.Cn1ccnc1.Cn1cncn1.Cn1cncn1.c1cocn1.c1cscn1.c1ncon1.c1ncsn1. The fraction of sp³-hybridized carbons (Fsp3) is 0.667. The van der Waals surface area contributed by atoms with E-state index in [0.29, 0.717) is 38.4 Å². The zero-order valence-electron chi connectivity index (χ0n) is 93.7. The molecule has 0 radical (unpaired) electrons. The van der Waals surface area contributed by atoms with Crippen LogP contribution in [0.5, 0.6) is 0 Å². The molecule has 0 saturated heterocycles. The lowest BCUT2D eigenvalue weighted by molar-refractivity contribution is 0.392. The van der Waals surface area contributed by atoms with E-state index in [4.69, 9.17) is 8.94 Å². The Hall–Kier alpha value is -9.59. The largest absolute Gasteiger partial charge is 0.452 e. The van der Waals surface area contributed by atoms with Gasteiger partial charge in [0.2, 0.25) is 25.1 Å². The first kappa shape index (κ1) is 139. The van der Waals surface area contributed by atoms with Gasteiger partial charge in [-0.1, -0.05) is 352 Å². The Morgan fingerprint density at radius 3 is 1.01 bits per heavy atom. The van der Waals surface area contributed by atoms with Gasteiger partial charge in [-0.25, -0.2) is 34.9 Å². The summed E-state index contributed by atoms with van der Waals surface area (Å²) in [5.74, 6) is 3.21. The molecule has 0 unspecified atom stereocenters. The molecule has 14 aromatic heterocycles. The standard InChI is InChI=1S/C8H14N2.C7H11NO.C7H11NS.2C6H10N2O.C6H10N2S.C5H9N3S.6C5H12.C4H6N2.C4H10.2C3H5N3.C3H3NO.C3H3NS.C2H2N2O.C2H2N2S/c1-8(2,3)7-5-6-10(4)9-7;2*1-7(2,3)6-4-5-9-8-6;1-6(2,3)5-8-7-4-9-5;2*1-6(2,3)5-7-4-9-8-5;1-5(2,3)4-6-7-8-9-4;6*1-5(2,3)4;1-6-3-2-5-4-6;1-4(2)3;2*1-6-3-4-2-5-6;2*1-2-5-3-4-1;2*1-3-2-5-4-1/h5-6H,1-4H3;2*4-5H,1-3H3;3*4H,1-3H3;1-3H3;6*1-4H3;2-4H,1H3;4H,1-3H3;2*2-3H,1H3;2*1-3H;2*1-2H. The molecule has 136 heavy (non-hydrogen) atoms. The minimum atomic E-state index is -0.0174. The summed E-state index contributed by atoms with van der Waals surface area (Å²) < 4.78 is 45.6. The normalized spacial score (nSPS) is 10.9. The van der Waals surface area contributed by atoms with Crippen molar-refractivity contribution >= 4 is 57.5 Å². The third kappa shape index (κ3) is 122. The zero-order valence-corrected chi connectivity index (χ0v) is 97.8. The van der Waals surface area contributed by atoms with Crippen LogP contribution < -0.4 is 0 Å². The summed E-state index contributed by atoms with van der Waals surface area (Å²) >= 11 is 7.23. The van der Waals surface area contributed by atoms with Gasteiger partial charge in [-0.05, 0) is 90.4 Å². The van der Waals surface area contributed by atoms with Crippen molar-refractivity contribution in [3.8, 4) is 0 Å². The van der Waals surface area contributed by atoms with Gasteiger partial charge < -0.3 is 27.0 Å². The summed E-state index contributed by atoms with van der Waals surface area (Å²) in [4.78, 5) is 33.5. The monoisotopic (exact) mass is 1990 g/mol. The van der Waals surface area contributed by atoms with Gasteiger partial charge in [0.25, 0.3) is 0 Å². The van der Waals surface area contributed by atoms with Crippen LogP contribution in [-0.2, 0) is 66.1 Å². The van der Waals surface area contributed by atoms with Gasteiger partial charge in [-0.3, -0.25) is 19.0 Å². The topological polar surface area (TPSA) is 382 Å². The molecule has 0 fully saturated rings. The minimum Gasteiger partial charge on any atom is -0.452 e. The van der Waals surface area contributed by atoms with E-state index >= 15 is 0 Å². The Morgan fingerprint density at radius 1 is 0.353 bits per heavy atom. The maximum Gasteiger partial charge on any atom is 0.221 e. The van der Waals surface area contributed by atoms with Gasteiger partial charge in [0.1, 0.15) is 66.0 Å². The molecule has 0 saturated carbocycles. The van der Waals surface area contributed by atoms with Crippen molar-refractivity contribution in [2.75, 3.05) is 0 Å². The van der Waals surface area contributed by atoms with Gasteiger partial charge in [0.05, 0.1) is 35.1 Å². The lowest BCUT2D eigenvalue weighted by atomic mass is 9.93. The van der Waals surface area contributed by atoms with Crippen LogP contribution in [0.2, 0.25) is 0 Å². The fourth-order valence-electron chi connectivity index (χ4n) is 5.42. The van der Waals surface area contributed by atoms with Crippen LogP contribution in [0.4, 0.5) is 0 Å². The summed E-state index contributed by atoms with van der Waals surface area (Å²) in [5, 5.41) is 42.1. The Bertz CT molecular complexity index is 3860. The summed E-state index contributed by atoms with van der Waals surface area (Å²) in [7, 11) is 7.53. The number of hydrogen-bond donors (Lipinski definition) is 0. The van der Waals surface area contributed by atoms with Gasteiger partial charge in [-0.2, -0.15) is 33.4 Å². The summed E-state index contributed by atoms with van der Waals surface area (Å²) in [6.07, 6.45) is 28.3. The molecule has 0 aliphatic carbocycles. The van der Waals surface area contributed by atoms with E-state index in [0.717, 1.165) is 34.0 Å². The second-order valence-corrected chi connectivity index (χ2v) is 50.8. The van der Waals surface area contributed by atoms with E-state index in [1.807, 2.05) is 108 Å². The Morgan fingerprint density at radius 2 is 0.860 bits per heavy atom. The molecule has 0 aliphatic heterocycles. The van der Waals surface area contributed by atoms with Crippen LogP contribution in [0, 0.1) is 38.4 Å². The van der Waals surface area contributed by atoms with Crippen molar-refractivity contribution in [2.45, 2.75) is 370 Å². The highest BCUT2D eigenvalue weighted by atomic mass is 32.1. The maximum absolute atomic E-state index is 4.98. The van der Waals surface area contributed by atoms with E-state index in [1.54, 1.807) is 81.1 Å². The molecule has 0 spiro atoms. The molecule has 14 aromatic rings. The minimum absolute atomic E-state index is 0.00694. The third-order valence-electron chi connectivity index (χ3n) is 10.9. The molecule has 14 heterocycles. The molecule has 0 N–H and O–H groups in total. The molecule has 14 rings (SSSR count). The summed E-state index contributed by atoms with van der Waals surface area (Å²) in [6.45, 7) is 103. The number of rotatable bonds is 0. The first-order valence-electron chi connectivity index (χ1n) is 44.8. The van der Waals surface area contributed by atoms with Crippen LogP contribution in [0.25, 0.3) is 0 Å². The number of oxazole rings is 1. The lowest BCUT2D eigenvalue weighted by Gasteiger charge is -2.13. The van der Waals surface area contributed by atoms with E-state index in [-0.39, 0.29) is 37.9 Å². The van der Waals surface area contributed by atoms with Gasteiger partial charge >= 0.3 is 0 Å². The summed E-state index contributed by atoms with van der Waals surface area (Å²) in [6, 6.07) is 6.02. The molecule has 32 nitrogen and oxygen atoms in total. The molecule has 0 aromatic carbocycles. The predicted molar refractivity (Wildman–Crippen MR) is 568 cm³/mol. The number of aryl methyl sites for hydroxylation is 4. The quantitative estimate of drug-likeness (QED) is 0.136. The average molecular weight is 1990 g/mol. The van der Waals surface area contributed by atoms with Crippen LogP contribution in [0.15, 0.2) is 181 Å². The highest BCUT2D eigenvalue weighted by Crippen LogP contribution is 2.25. The van der Waals surface area contributed by atoms with E-state index in [9.17, 15) is 0 Å². The van der Waals surface area contributed by atoms with E-state index < -0.39 is 0 Å². The highest BCUT2D eigenvalue weighted by Gasteiger charge is 2.22. The number of imidazole rings is 1. The summed E-state index contributed by atoms with van der Waals surface area (Å²) in [5.41, 5.74) is 12.3. The highest BCUT2D eigenvalue weighted by molar-refractivity contribution is 7.07. The van der Waals surface area contributed by atoms with Crippen molar-refractivity contribution in [3.05, 3.63) is 198 Å². The molecule has 774 valence electrons. The van der Waals surface area contributed by atoms with Gasteiger partial charge in [0, 0.05) is 119 Å².